The summed E-state index contributed by atoms with van der Waals surface area (Å²) in [6.07, 6.45) is 2.87. The molecule has 1 atom stereocenters. The molecule has 0 saturated carbocycles. The highest BCUT2D eigenvalue weighted by Crippen LogP contribution is 2.31. The molecule has 0 aliphatic carbocycles. The van der Waals surface area contributed by atoms with Crippen LogP contribution in [0.5, 0.6) is 5.75 Å². The number of aryl methyl sites for hydroxylation is 1. The van der Waals surface area contributed by atoms with Crippen LogP contribution in [0.15, 0.2) is 72.8 Å². The third-order valence-corrected chi connectivity index (χ3v) is 7.78. The lowest BCUT2D eigenvalue weighted by Crippen LogP contribution is -2.53. The molecule has 0 fully saturated rings. The Morgan fingerprint density at radius 2 is 1.68 bits per heavy atom. The smallest absolute Gasteiger partial charge is 0.244 e. The molecule has 41 heavy (non-hydrogen) atoms. The van der Waals surface area contributed by atoms with E-state index in [1.807, 2.05) is 44.2 Å². The van der Waals surface area contributed by atoms with Gasteiger partial charge in [0, 0.05) is 19.5 Å². The maximum atomic E-state index is 14.1. The minimum atomic E-state index is -3.94. The second-order valence-electron chi connectivity index (χ2n) is 9.94. The summed E-state index contributed by atoms with van der Waals surface area (Å²) in [7, 11) is -2.52. The molecule has 0 heterocycles. The number of sulfonamides is 1. The lowest BCUT2D eigenvalue weighted by Gasteiger charge is -2.33. The molecule has 1 N–H and O–H groups in total. The van der Waals surface area contributed by atoms with E-state index in [-0.39, 0.29) is 30.3 Å². The number of carbonyl (C=O) groups is 2. The Kier molecular flexibility index (Phi) is 11.3. The lowest BCUT2D eigenvalue weighted by atomic mass is 10.0. The molecule has 0 bridgehead atoms. The van der Waals surface area contributed by atoms with Crippen LogP contribution in [0, 0.1) is 12.7 Å². The number of benzene rings is 3. The molecular weight excluding hydrogens is 545 g/mol. The highest BCUT2D eigenvalue weighted by molar-refractivity contribution is 7.92. The van der Waals surface area contributed by atoms with Gasteiger partial charge in [-0.2, -0.15) is 0 Å². The number of ether oxygens (including phenoxy) is 1. The summed E-state index contributed by atoms with van der Waals surface area (Å²) in [5.74, 6) is -1.08. The topological polar surface area (TPSA) is 96.0 Å². The molecule has 220 valence electrons. The van der Waals surface area contributed by atoms with Gasteiger partial charge in [-0.1, -0.05) is 61.9 Å². The summed E-state index contributed by atoms with van der Waals surface area (Å²) in [5.41, 5.74) is 2.43. The van der Waals surface area contributed by atoms with Gasteiger partial charge in [-0.15, -0.1) is 0 Å². The van der Waals surface area contributed by atoms with E-state index in [1.165, 1.54) is 24.1 Å². The van der Waals surface area contributed by atoms with Gasteiger partial charge < -0.3 is 15.0 Å². The molecule has 10 heteroatoms. The van der Waals surface area contributed by atoms with Crippen LogP contribution in [0.2, 0.25) is 0 Å². The molecule has 2 amide bonds. The maximum absolute atomic E-state index is 14.1. The Morgan fingerprint density at radius 1 is 1.00 bits per heavy atom. The number of amides is 2. The number of nitrogens with one attached hydrogen (secondary N) is 1. The molecule has 0 radical (unpaired) electrons. The van der Waals surface area contributed by atoms with Gasteiger partial charge in [-0.05, 0) is 54.3 Å². The normalized spacial score (nSPS) is 11.9. The number of unbranched alkanes of at least 4 members (excludes halogenated alkanes) is 1. The lowest BCUT2D eigenvalue weighted by molar-refractivity contribution is -0.140. The number of carbonyl (C=O) groups excluding carboxylic acids is 2. The highest BCUT2D eigenvalue weighted by Gasteiger charge is 2.33. The van der Waals surface area contributed by atoms with Crippen molar-refractivity contribution in [3.05, 3.63) is 95.3 Å². The van der Waals surface area contributed by atoms with Crippen LogP contribution in [0.3, 0.4) is 0 Å². The van der Waals surface area contributed by atoms with Crippen LogP contribution >= 0.6 is 0 Å². The number of hydrogen-bond donors (Lipinski definition) is 1. The highest BCUT2D eigenvalue weighted by atomic mass is 32.2. The first-order valence-electron chi connectivity index (χ1n) is 13.5. The summed E-state index contributed by atoms with van der Waals surface area (Å²) >= 11 is 0. The van der Waals surface area contributed by atoms with Crippen LogP contribution < -0.4 is 14.4 Å². The molecule has 0 unspecified atom stereocenters. The third-order valence-electron chi connectivity index (χ3n) is 6.65. The van der Waals surface area contributed by atoms with Crippen LogP contribution in [-0.4, -0.2) is 57.6 Å². The van der Waals surface area contributed by atoms with E-state index in [9.17, 15) is 22.4 Å². The Hall–Kier alpha value is -3.92. The monoisotopic (exact) mass is 583 g/mol. The third kappa shape index (κ3) is 9.04. The summed E-state index contributed by atoms with van der Waals surface area (Å²) in [6, 6.07) is 19.1. The van der Waals surface area contributed by atoms with E-state index < -0.39 is 34.3 Å². The first kappa shape index (κ1) is 31.6. The molecule has 0 saturated heterocycles. The van der Waals surface area contributed by atoms with Crippen molar-refractivity contribution in [1.29, 1.82) is 0 Å². The first-order chi connectivity index (χ1) is 19.5. The molecule has 3 aromatic rings. The first-order valence-corrected chi connectivity index (χ1v) is 15.4. The largest absolute Gasteiger partial charge is 0.495 e. The molecule has 0 aromatic heterocycles. The quantitative estimate of drug-likeness (QED) is 0.283. The zero-order chi connectivity index (χ0) is 30.0. The molecule has 0 aliphatic heterocycles. The Bertz CT molecular complexity index is 1420. The molecular formula is C31H38FN3O5S. The van der Waals surface area contributed by atoms with Crippen molar-refractivity contribution in [2.75, 3.05) is 30.8 Å². The van der Waals surface area contributed by atoms with Crippen molar-refractivity contribution in [1.82, 2.24) is 10.2 Å². The zero-order valence-corrected chi connectivity index (χ0v) is 24.8. The van der Waals surface area contributed by atoms with Gasteiger partial charge in [-0.3, -0.25) is 13.9 Å². The Morgan fingerprint density at radius 3 is 2.29 bits per heavy atom. The minimum Gasteiger partial charge on any atom is -0.495 e. The van der Waals surface area contributed by atoms with E-state index in [4.69, 9.17) is 4.74 Å². The van der Waals surface area contributed by atoms with E-state index in [0.29, 0.717) is 12.1 Å². The number of nitrogens with zero attached hydrogens (tertiary/aromatic N) is 2. The summed E-state index contributed by atoms with van der Waals surface area (Å²) < 4.78 is 46.1. The number of rotatable bonds is 14. The molecule has 8 nitrogen and oxygen atoms in total. The SMILES string of the molecule is CCCCNC(=O)[C@H](Cc1ccccc1)N(Cc1ccc(F)cc1)C(=O)CN(c1cc(C)ccc1OC)S(C)(=O)=O. The van der Waals surface area contributed by atoms with Crippen LogP contribution in [0.1, 0.15) is 36.5 Å². The van der Waals surface area contributed by atoms with Crippen LogP contribution in [-0.2, 0) is 32.6 Å². The zero-order valence-electron chi connectivity index (χ0n) is 24.0. The van der Waals surface area contributed by atoms with E-state index in [0.717, 1.165) is 34.5 Å². The van der Waals surface area contributed by atoms with Crippen molar-refractivity contribution in [3.8, 4) is 5.75 Å². The second kappa shape index (κ2) is 14.6. The number of anilines is 1. The van der Waals surface area contributed by atoms with E-state index in [2.05, 4.69) is 5.32 Å². The van der Waals surface area contributed by atoms with E-state index in [1.54, 1.807) is 30.3 Å². The predicted octanol–water partition coefficient (Wildman–Crippen LogP) is 4.47. The fourth-order valence-electron chi connectivity index (χ4n) is 4.44. The number of methoxy groups -OCH3 is 1. The predicted molar refractivity (Wildman–Crippen MR) is 159 cm³/mol. The van der Waals surface area contributed by atoms with Crippen molar-refractivity contribution in [3.63, 3.8) is 0 Å². The van der Waals surface area contributed by atoms with Crippen molar-refractivity contribution in [2.24, 2.45) is 0 Å². The minimum absolute atomic E-state index is 0.0274. The van der Waals surface area contributed by atoms with E-state index >= 15 is 0 Å². The standard InChI is InChI=1S/C31H38FN3O5S/c1-5-6-18-33-31(37)28(20-24-10-8-7-9-11-24)34(21-25-13-15-26(32)16-14-25)30(36)22-35(41(4,38)39)27-19-23(2)12-17-29(27)40-3/h7-17,19,28H,5-6,18,20-22H2,1-4H3,(H,33,37)/t28-/m0/s1. The van der Waals surface area contributed by atoms with Crippen LogP contribution in [0.4, 0.5) is 10.1 Å². The Labute approximate surface area is 242 Å². The van der Waals surface area contributed by atoms with Gasteiger partial charge in [0.1, 0.15) is 24.2 Å². The van der Waals surface area contributed by atoms with Crippen molar-refractivity contribution in [2.45, 2.75) is 45.7 Å². The van der Waals surface area contributed by atoms with Crippen LogP contribution in [0.25, 0.3) is 0 Å². The summed E-state index contributed by atoms with van der Waals surface area (Å²) in [4.78, 5) is 29.1. The van der Waals surface area contributed by atoms with Gasteiger partial charge >= 0.3 is 0 Å². The molecule has 0 aliphatic rings. The summed E-state index contributed by atoms with van der Waals surface area (Å²) in [5, 5.41) is 2.93. The van der Waals surface area contributed by atoms with Gasteiger partial charge in [0.2, 0.25) is 21.8 Å². The molecule has 0 spiro atoms. The molecule has 3 rings (SSSR count). The molecule has 3 aromatic carbocycles. The average Bonchev–Trinajstić information content (AvgIpc) is 2.94. The fraction of sp³-hybridized carbons (Fsp3) is 0.355. The van der Waals surface area contributed by atoms with Crippen molar-refractivity contribution >= 4 is 27.5 Å². The van der Waals surface area contributed by atoms with Gasteiger partial charge in [0.05, 0.1) is 19.1 Å². The van der Waals surface area contributed by atoms with Gasteiger partial charge in [-0.25, -0.2) is 12.8 Å². The maximum Gasteiger partial charge on any atom is 0.244 e. The van der Waals surface area contributed by atoms with Gasteiger partial charge in [0.15, 0.2) is 0 Å². The fourth-order valence-corrected chi connectivity index (χ4v) is 5.28. The van der Waals surface area contributed by atoms with Gasteiger partial charge in [0.25, 0.3) is 0 Å². The average molecular weight is 584 g/mol. The number of hydrogen-bond acceptors (Lipinski definition) is 5. The summed E-state index contributed by atoms with van der Waals surface area (Å²) in [6.45, 7) is 3.67. The second-order valence-corrected chi connectivity index (χ2v) is 11.8. The van der Waals surface area contributed by atoms with Crippen molar-refractivity contribution < 1.29 is 27.1 Å². The Balaban J connectivity index is 2.07. The number of halogens is 1.